The first-order valence-electron chi connectivity index (χ1n) is 9.88. The molecule has 4 rings (SSSR count). The summed E-state index contributed by atoms with van der Waals surface area (Å²) in [6.07, 6.45) is 3.76. The van der Waals surface area contributed by atoms with E-state index in [1.165, 1.54) is 0 Å². The van der Waals surface area contributed by atoms with E-state index in [2.05, 4.69) is 20.9 Å². The molecule has 1 saturated heterocycles. The molecule has 0 saturated carbocycles. The van der Waals surface area contributed by atoms with Crippen molar-refractivity contribution in [2.75, 3.05) is 19.0 Å². The van der Waals surface area contributed by atoms with Crippen LogP contribution in [0, 0.1) is 0 Å². The lowest BCUT2D eigenvalue weighted by Gasteiger charge is -2.24. The third kappa shape index (κ3) is 3.96. The third-order valence-electron chi connectivity index (χ3n) is 5.04. The Morgan fingerprint density at radius 1 is 1.24 bits per heavy atom. The molecule has 2 amide bonds. The number of hydrogen-bond donors (Lipinski definition) is 2. The molecule has 0 aliphatic carbocycles. The predicted octanol–water partition coefficient (Wildman–Crippen LogP) is 3.74. The third-order valence-corrected chi connectivity index (χ3v) is 5.04. The van der Waals surface area contributed by atoms with Crippen LogP contribution in [0.1, 0.15) is 38.4 Å². The summed E-state index contributed by atoms with van der Waals surface area (Å²) in [5.74, 6) is 0.792. The van der Waals surface area contributed by atoms with Crippen LogP contribution < -0.4 is 15.4 Å². The Kier molecular flexibility index (Phi) is 5.24. The molecule has 1 aliphatic heterocycles. The molecule has 8 nitrogen and oxygen atoms in total. The highest BCUT2D eigenvalue weighted by Crippen LogP contribution is 2.33. The molecule has 0 spiro atoms. The maximum Gasteiger partial charge on any atom is 0.318 e. The first kappa shape index (κ1) is 19.0. The number of likely N-dealkylation sites (tertiary alicyclic amines) is 1. The van der Waals surface area contributed by atoms with Gasteiger partial charge in [-0.15, -0.1) is 5.10 Å². The number of pyridine rings is 1. The highest BCUT2D eigenvalue weighted by atomic mass is 16.5. The smallest absolute Gasteiger partial charge is 0.318 e. The van der Waals surface area contributed by atoms with Crippen LogP contribution in [0.4, 0.5) is 16.2 Å². The molecular formula is C21H26N6O2. The zero-order valence-corrected chi connectivity index (χ0v) is 16.9. The number of carbonyl (C=O) groups is 1. The molecule has 1 aliphatic rings. The van der Waals surface area contributed by atoms with E-state index in [1.54, 1.807) is 11.6 Å². The molecule has 0 radical (unpaired) electrons. The molecule has 1 aromatic carbocycles. The number of amides is 2. The summed E-state index contributed by atoms with van der Waals surface area (Å²) in [6, 6.07) is 11.7. The summed E-state index contributed by atoms with van der Waals surface area (Å²) >= 11 is 0. The fourth-order valence-corrected chi connectivity index (χ4v) is 3.72. The SMILES string of the molecule is COc1cccc(Nc2ccc3c(C4CCCN4C(=O)NC(C)C)nnn3c2)c1. The van der Waals surface area contributed by atoms with Gasteiger partial charge in [-0.2, -0.15) is 0 Å². The van der Waals surface area contributed by atoms with E-state index < -0.39 is 0 Å². The van der Waals surface area contributed by atoms with Crippen LogP contribution in [0.3, 0.4) is 0 Å². The Balaban J connectivity index is 1.57. The van der Waals surface area contributed by atoms with Gasteiger partial charge in [0.2, 0.25) is 0 Å². The van der Waals surface area contributed by atoms with E-state index in [-0.39, 0.29) is 18.1 Å². The second-order valence-corrected chi connectivity index (χ2v) is 7.53. The molecule has 152 valence electrons. The van der Waals surface area contributed by atoms with Gasteiger partial charge in [0.15, 0.2) is 0 Å². The van der Waals surface area contributed by atoms with Gasteiger partial charge >= 0.3 is 6.03 Å². The average Bonchev–Trinajstić information content (AvgIpc) is 3.34. The van der Waals surface area contributed by atoms with Crippen molar-refractivity contribution in [3.8, 4) is 5.75 Å². The van der Waals surface area contributed by atoms with Gasteiger partial charge in [0, 0.05) is 24.3 Å². The summed E-state index contributed by atoms with van der Waals surface area (Å²) in [5.41, 5.74) is 3.57. The molecule has 1 atom stereocenters. The van der Waals surface area contributed by atoms with Crippen LogP contribution in [0.2, 0.25) is 0 Å². The van der Waals surface area contributed by atoms with Gasteiger partial charge < -0.3 is 20.3 Å². The zero-order valence-electron chi connectivity index (χ0n) is 16.9. The molecule has 0 bridgehead atoms. The summed E-state index contributed by atoms with van der Waals surface area (Å²) < 4.78 is 7.03. The molecule has 3 aromatic rings. The zero-order chi connectivity index (χ0) is 20.4. The Labute approximate surface area is 169 Å². The van der Waals surface area contributed by atoms with Gasteiger partial charge in [-0.1, -0.05) is 11.3 Å². The van der Waals surface area contributed by atoms with Gasteiger partial charge in [-0.25, -0.2) is 9.31 Å². The second-order valence-electron chi connectivity index (χ2n) is 7.53. The first-order chi connectivity index (χ1) is 14.0. The highest BCUT2D eigenvalue weighted by Gasteiger charge is 2.33. The van der Waals surface area contributed by atoms with Crippen LogP contribution in [0.5, 0.6) is 5.75 Å². The minimum absolute atomic E-state index is 0.0417. The van der Waals surface area contributed by atoms with E-state index in [1.807, 2.05) is 61.3 Å². The second kappa shape index (κ2) is 7.98. The highest BCUT2D eigenvalue weighted by molar-refractivity contribution is 5.76. The number of rotatable bonds is 5. The minimum atomic E-state index is -0.0524. The monoisotopic (exact) mass is 394 g/mol. The van der Waals surface area contributed by atoms with Gasteiger partial charge in [-0.05, 0) is 51.0 Å². The van der Waals surface area contributed by atoms with Crippen molar-refractivity contribution in [1.82, 2.24) is 25.0 Å². The quantitative estimate of drug-likeness (QED) is 0.689. The van der Waals surface area contributed by atoms with Crippen LogP contribution in [-0.2, 0) is 0 Å². The summed E-state index contributed by atoms with van der Waals surface area (Å²) in [4.78, 5) is 14.4. The number of anilines is 2. The van der Waals surface area contributed by atoms with Crippen molar-refractivity contribution in [3.63, 3.8) is 0 Å². The molecule has 1 fully saturated rings. The molecule has 1 unspecified atom stereocenters. The van der Waals surface area contributed by atoms with Crippen LogP contribution in [0.15, 0.2) is 42.6 Å². The standard InChI is InChI=1S/C21H26N6O2/c1-14(2)22-21(28)26-11-5-8-18(26)20-19-10-9-16(13-27(19)25-24-20)23-15-6-4-7-17(12-15)29-3/h4,6-7,9-10,12-14,18,23H,5,8,11H2,1-3H3,(H,22,28). The number of hydrogen-bond acceptors (Lipinski definition) is 5. The average molecular weight is 394 g/mol. The number of urea groups is 1. The molecule has 3 heterocycles. The van der Waals surface area contributed by atoms with E-state index in [4.69, 9.17) is 4.74 Å². The van der Waals surface area contributed by atoms with Crippen molar-refractivity contribution < 1.29 is 9.53 Å². The normalized spacial score (nSPS) is 16.4. The predicted molar refractivity (Wildman–Crippen MR) is 112 cm³/mol. The Bertz CT molecular complexity index is 1020. The van der Waals surface area contributed by atoms with E-state index in [0.29, 0.717) is 0 Å². The van der Waals surface area contributed by atoms with E-state index in [0.717, 1.165) is 47.7 Å². The number of ether oxygens (including phenoxy) is 1. The fraction of sp³-hybridized carbons (Fsp3) is 0.381. The first-order valence-corrected chi connectivity index (χ1v) is 9.88. The molecule has 8 heteroatoms. The maximum absolute atomic E-state index is 12.5. The molecule has 2 aromatic heterocycles. The van der Waals surface area contributed by atoms with Gasteiger partial charge in [0.1, 0.15) is 11.4 Å². The van der Waals surface area contributed by atoms with Crippen LogP contribution in [-0.4, -0.2) is 45.5 Å². The number of carbonyl (C=O) groups excluding carboxylic acids is 1. The van der Waals surface area contributed by atoms with Crippen molar-refractivity contribution in [2.45, 2.75) is 38.8 Å². The Hall–Kier alpha value is -3.29. The van der Waals surface area contributed by atoms with Crippen molar-refractivity contribution in [3.05, 3.63) is 48.3 Å². The van der Waals surface area contributed by atoms with Gasteiger partial charge in [-0.3, -0.25) is 0 Å². The number of nitrogens with zero attached hydrogens (tertiary/aromatic N) is 4. The minimum Gasteiger partial charge on any atom is -0.497 e. The topological polar surface area (TPSA) is 83.8 Å². The van der Waals surface area contributed by atoms with Crippen LogP contribution >= 0.6 is 0 Å². The van der Waals surface area contributed by atoms with Crippen molar-refractivity contribution in [1.29, 1.82) is 0 Å². The molecule has 2 N–H and O–H groups in total. The van der Waals surface area contributed by atoms with Gasteiger partial charge in [0.25, 0.3) is 0 Å². The number of methoxy groups -OCH3 is 1. The molecule has 29 heavy (non-hydrogen) atoms. The number of fused-ring (bicyclic) bond motifs is 1. The van der Waals surface area contributed by atoms with Crippen LogP contribution in [0.25, 0.3) is 5.52 Å². The van der Waals surface area contributed by atoms with Crippen molar-refractivity contribution >= 4 is 22.9 Å². The lowest BCUT2D eigenvalue weighted by atomic mass is 10.1. The number of aromatic nitrogens is 3. The lowest BCUT2D eigenvalue weighted by molar-refractivity contribution is 0.190. The Morgan fingerprint density at radius 3 is 2.90 bits per heavy atom. The largest absolute Gasteiger partial charge is 0.497 e. The maximum atomic E-state index is 12.5. The van der Waals surface area contributed by atoms with E-state index in [9.17, 15) is 4.79 Å². The number of nitrogens with one attached hydrogen (secondary N) is 2. The summed E-state index contributed by atoms with van der Waals surface area (Å²) in [6.45, 7) is 4.67. The van der Waals surface area contributed by atoms with Crippen molar-refractivity contribution in [2.24, 2.45) is 0 Å². The number of benzene rings is 1. The summed E-state index contributed by atoms with van der Waals surface area (Å²) in [5, 5.41) is 15.0. The fourth-order valence-electron chi connectivity index (χ4n) is 3.72. The van der Waals surface area contributed by atoms with E-state index >= 15 is 0 Å². The lowest BCUT2D eigenvalue weighted by Crippen LogP contribution is -2.42. The Morgan fingerprint density at radius 2 is 2.10 bits per heavy atom. The summed E-state index contributed by atoms with van der Waals surface area (Å²) in [7, 11) is 1.65. The van der Waals surface area contributed by atoms with Gasteiger partial charge in [0.05, 0.1) is 30.6 Å². The molecular weight excluding hydrogens is 368 g/mol.